The third-order valence-electron chi connectivity index (χ3n) is 3.76. The van der Waals surface area contributed by atoms with E-state index in [4.69, 9.17) is 0 Å². The first kappa shape index (κ1) is 12.9. The molecule has 0 saturated carbocycles. The summed E-state index contributed by atoms with van der Waals surface area (Å²) in [5, 5.41) is 0. The zero-order valence-electron chi connectivity index (χ0n) is 11.4. The van der Waals surface area contributed by atoms with Crippen molar-refractivity contribution in [1.29, 1.82) is 0 Å². The second-order valence-electron chi connectivity index (χ2n) is 4.97. The molecule has 2 unspecified atom stereocenters. The van der Waals surface area contributed by atoms with Crippen LogP contribution >= 0.6 is 0 Å². The molecule has 1 heterocycles. The van der Waals surface area contributed by atoms with Crippen molar-refractivity contribution in [3.63, 3.8) is 0 Å². The molecule has 96 valence electrons. The predicted octanol–water partition coefficient (Wildman–Crippen LogP) is 4.23. The summed E-state index contributed by atoms with van der Waals surface area (Å²) in [6.07, 6.45) is 23.5. The Balaban J connectivity index is 2.04. The van der Waals surface area contributed by atoms with E-state index in [1.807, 2.05) is 6.92 Å². The molecule has 1 heteroatoms. The van der Waals surface area contributed by atoms with Crippen molar-refractivity contribution >= 4 is 0 Å². The van der Waals surface area contributed by atoms with Crippen molar-refractivity contribution in [3.05, 3.63) is 60.4 Å². The molecule has 0 saturated heterocycles. The van der Waals surface area contributed by atoms with Crippen LogP contribution in [0.15, 0.2) is 60.4 Å². The van der Waals surface area contributed by atoms with Crippen LogP contribution < -0.4 is 0 Å². The molecular weight excluding hydrogens is 218 g/mol. The summed E-state index contributed by atoms with van der Waals surface area (Å²) < 4.78 is 0. The first-order valence-electron chi connectivity index (χ1n) is 6.87. The lowest BCUT2D eigenvalue weighted by molar-refractivity contribution is 0.291. The molecule has 0 spiro atoms. The summed E-state index contributed by atoms with van der Waals surface area (Å²) in [5.41, 5.74) is 1.45. The lowest BCUT2D eigenvalue weighted by Crippen LogP contribution is -2.34. The Labute approximate surface area is 111 Å². The molecule has 0 aromatic carbocycles. The molecule has 1 aliphatic carbocycles. The predicted molar refractivity (Wildman–Crippen MR) is 79.2 cm³/mol. The molecule has 0 N–H and O–H groups in total. The number of nitrogens with zero attached hydrogens (tertiary/aromatic N) is 1. The van der Waals surface area contributed by atoms with Gasteiger partial charge in [-0.15, -0.1) is 0 Å². The van der Waals surface area contributed by atoms with E-state index in [1.54, 1.807) is 0 Å². The van der Waals surface area contributed by atoms with Gasteiger partial charge in [0.05, 0.1) is 6.04 Å². The van der Waals surface area contributed by atoms with Gasteiger partial charge >= 0.3 is 0 Å². The van der Waals surface area contributed by atoms with Crippen molar-refractivity contribution in [2.45, 2.75) is 32.2 Å². The fourth-order valence-corrected chi connectivity index (χ4v) is 2.71. The summed E-state index contributed by atoms with van der Waals surface area (Å²) in [5.74, 6) is 0.674. The minimum absolute atomic E-state index is 0.541. The van der Waals surface area contributed by atoms with Gasteiger partial charge in [0.25, 0.3) is 0 Å². The van der Waals surface area contributed by atoms with Crippen LogP contribution in [-0.2, 0) is 0 Å². The van der Waals surface area contributed by atoms with Crippen LogP contribution in [0.5, 0.6) is 0 Å². The number of allylic oxidation sites excluding steroid dienone is 7. The number of hydrogen-bond donors (Lipinski definition) is 0. The zero-order valence-corrected chi connectivity index (χ0v) is 11.4. The molecule has 1 aliphatic heterocycles. The van der Waals surface area contributed by atoms with Crippen LogP contribution in [0.25, 0.3) is 0 Å². The monoisotopic (exact) mass is 241 g/mol. The Bertz CT molecular complexity index is 409. The second kappa shape index (κ2) is 6.44. The summed E-state index contributed by atoms with van der Waals surface area (Å²) in [4.78, 5) is 2.44. The van der Waals surface area contributed by atoms with Gasteiger partial charge in [-0.05, 0) is 19.8 Å². The molecule has 2 atom stereocenters. The summed E-state index contributed by atoms with van der Waals surface area (Å²) >= 11 is 0. The summed E-state index contributed by atoms with van der Waals surface area (Å²) in [6.45, 7) is 2.05. The number of rotatable bonds is 3. The highest BCUT2D eigenvalue weighted by Crippen LogP contribution is 2.29. The van der Waals surface area contributed by atoms with Crippen LogP contribution in [-0.4, -0.2) is 18.0 Å². The quantitative estimate of drug-likeness (QED) is 0.668. The van der Waals surface area contributed by atoms with Gasteiger partial charge < -0.3 is 4.90 Å². The van der Waals surface area contributed by atoms with Gasteiger partial charge in [-0.3, -0.25) is 0 Å². The highest BCUT2D eigenvalue weighted by atomic mass is 15.1. The van der Waals surface area contributed by atoms with Gasteiger partial charge in [0.2, 0.25) is 0 Å². The Kier molecular flexibility index (Phi) is 4.63. The van der Waals surface area contributed by atoms with Crippen molar-refractivity contribution < 1.29 is 0 Å². The molecule has 2 aliphatic rings. The topological polar surface area (TPSA) is 3.24 Å². The lowest BCUT2D eigenvalue weighted by atomic mass is 9.91. The molecule has 0 bridgehead atoms. The van der Waals surface area contributed by atoms with E-state index in [1.165, 1.54) is 18.5 Å². The first-order chi connectivity index (χ1) is 8.83. The number of fused-ring (bicyclic) bond motifs is 1. The van der Waals surface area contributed by atoms with Crippen LogP contribution in [0.4, 0.5) is 0 Å². The van der Waals surface area contributed by atoms with E-state index in [0.29, 0.717) is 12.0 Å². The van der Waals surface area contributed by atoms with E-state index in [9.17, 15) is 0 Å². The van der Waals surface area contributed by atoms with Crippen LogP contribution in [0.2, 0.25) is 0 Å². The third kappa shape index (κ3) is 3.04. The van der Waals surface area contributed by atoms with Gasteiger partial charge in [-0.25, -0.2) is 0 Å². The number of hydrogen-bond acceptors (Lipinski definition) is 1. The minimum Gasteiger partial charge on any atom is -0.371 e. The molecule has 0 fully saturated rings. The minimum atomic E-state index is 0.541. The van der Waals surface area contributed by atoms with Crippen LogP contribution in [0, 0.1) is 5.92 Å². The summed E-state index contributed by atoms with van der Waals surface area (Å²) in [6, 6.07) is 0.541. The highest BCUT2D eigenvalue weighted by molar-refractivity contribution is 5.22. The van der Waals surface area contributed by atoms with E-state index < -0.39 is 0 Å². The molecule has 2 rings (SSSR count). The normalized spacial score (nSPS) is 27.7. The Morgan fingerprint density at radius 1 is 1.28 bits per heavy atom. The van der Waals surface area contributed by atoms with Crippen molar-refractivity contribution in [2.24, 2.45) is 5.92 Å². The van der Waals surface area contributed by atoms with Gasteiger partial charge in [0.1, 0.15) is 0 Å². The standard InChI is InChI=1S/C17H23N/c1-3-4-5-6-12-16-13-9-11-15-10-7-8-14-17(15)18(16)2/h3-8,10,13-15,17H,9,11-12H2,1-2H3/b4-3-,6-5-. The van der Waals surface area contributed by atoms with Crippen molar-refractivity contribution in [3.8, 4) is 0 Å². The van der Waals surface area contributed by atoms with E-state index in [-0.39, 0.29) is 0 Å². The molecule has 1 nitrogen and oxygen atoms in total. The average molecular weight is 241 g/mol. The van der Waals surface area contributed by atoms with Gasteiger partial charge in [0.15, 0.2) is 0 Å². The van der Waals surface area contributed by atoms with Gasteiger partial charge in [-0.2, -0.15) is 0 Å². The largest absolute Gasteiger partial charge is 0.371 e. The van der Waals surface area contributed by atoms with Crippen molar-refractivity contribution in [2.75, 3.05) is 7.05 Å². The lowest BCUT2D eigenvalue weighted by Gasteiger charge is -2.33. The Hall–Kier alpha value is -1.50. The van der Waals surface area contributed by atoms with Crippen molar-refractivity contribution in [1.82, 2.24) is 4.90 Å². The molecule has 0 amide bonds. The molecular formula is C17H23N. The van der Waals surface area contributed by atoms with Crippen LogP contribution in [0.3, 0.4) is 0 Å². The zero-order chi connectivity index (χ0) is 12.8. The van der Waals surface area contributed by atoms with Gasteiger partial charge in [-0.1, -0.05) is 54.7 Å². The van der Waals surface area contributed by atoms with E-state index in [0.717, 1.165) is 6.42 Å². The third-order valence-corrected chi connectivity index (χ3v) is 3.76. The fourth-order valence-electron chi connectivity index (χ4n) is 2.71. The Morgan fingerprint density at radius 3 is 2.94 bits per heavy atom. The average Bonchev–Trinajstić information content (AvgIpc) is 2.56. The molecule has 18 heavy (non-hydrogen) atoms. The van der Waals surface area contributed by atoms with Crippen LogP contribution in [0.1, 0.15) is 26.2 Å². The smallest absolute Gasteiger partial charge is 0.0532 e. The molecule has 0 aromatic heterocycles. The maximum Gasteiger partial charge on any atom is 0.0532 e. The van der Waals surface area contributed by atoms with E-state index in [2.05, 4.69) is 66.6 Å². The van der Waals surface area contributed by atoms with Gasteiger partial charge in [0, 0.05) is 25.1 Å². The molecule has 0 aromatic rings. The Morgan fingerprint density at radius 2 is 2.11 bits per heavy atom. The fraction of sp³-hybridized carbons (Fsp3) is 0.412. The first-order valence-corrected chi connectivity index (χ1v) is 6.87. The SMILES string of the molecule is C/C=C\C=C/CC1=CCCC2C=CC=CC2N1C. The van der Waals surface area contributed by atoms with E-state index >= 15 is 0 Å². The second-order valence-corrected chi connectivity index (χ2v) is 4.97. The highest BCUT2D eigenvalue weighted by Gasteiger charge is 2.25. The molecule has 0 radical (unpaired) electrons. The summed E-state index contributed by atoms with van der Waals surface area (Å²) in [7, 11) is 2.22. The maximum absolute atomic E-state index is 2.44. The maximum atomic E-state index is 2.44. The number of likely N-dealkylation sites (N-methyl/N-ethyl adjacent to an activating group) is 1.